The molecular formula is C14H29N3S. The van der Waals surface area contributed by atoms with Crippen molar-refractivity contribution < 1.29 is 0 Å². The van der Waals surface area contributed by atoms with Crippen LogP contribution in [0.15, 0.2) is 11.6 Å². The van der Waals surface area contributed by atoms with Crippen molar-refractivity contribution in [3.05, 3.63) is 11.6 Å². The van der Waals surface area contributed by atoms with Gasteiger partial charge in [0.05, 0.1) is 0 Å². The number of rotatable bonds is 9. The summed E-state index contributed by atoms with van der Waals surface area (Å²) in [5.41, 5.74) is 8.31. The van der Waals surface area contributed by atoms with Gasteiger partial charge in [-0.25, -0.2) is 0 Å². The Labute approximate surface area is 118 Å². The van der Waals surface area contributed by atoms with Gasteiger partial charge in [0.2, 0.25) is 0 Å². The van der Waals surface area contributed by atoms with Crippen molar-refractivity contribution in [3.8, 4) is 0 Å². The molecule has 3 N–H and O–H groups in total. The number of thiol groups is 1. The lowest BCUT2D eigenvalue weighted by molar-refractivity contribution is 0.339. The summed E-state index contributed by atoms with van der Waals surface area (Å²) in [4.78, 5) is 0. The molecule has 0 aromatic carbocycles. The molecule has 18 heavy (non-hydrogen) atoms. The van der Waals surface area contributed by atoms with Gasteiger partial charge in [-0.05, 0) is 32.7 Å². The lowest BCUT2D eigenvalue weighted by Gasteiger charge is -2.23. The average molecular weight is 271 g/mol. The van der Waals surface area contributed by atoms with Crippen molar-refractivity contribution in [3.63, 3.8) is 0 Å². The maximum atomic E-state index is 4.18. The average Bonchev–Trinajstić information content (AvgIpc) is 2.42. The third-order valence-corrected chi connectivity index (χ3v) is 3.77. The summed E-state index contributed by atoms with van der Waals surface area (Å²) in [5, 5.41) is 3.37. The molecular weight excluding hydrogens is 242 g/mol. The normalized spacial score (nSPS) is 18.2. The lowest BCUT2D eigenvalue weighted by atomic mass is 9.96. The Morgan fingerprint density at radius 3 is 2.67 bits per heavy atom. The van der Waals surface area contributed by atoms with Gasteiger partial charge in [-0.2, -0.15) is 12.6 Å². The second kappa shape index (κ2) is 10.9. The van der Waals surface area contributed by atoms with Crippen molar-refractivity contribution in [1.29, 1.82) is 0 Å². The van der Waals surface area contributed by atoms with Crippen LogP contribution in [0.2, 0.25) is 0 Å². The minimum absolute atomic E-state index is 0.680. The molecule has 1 fully saturated rings. The van der Waals surface area contributed by atoms with Gasteiger partial charge in [-0.1, -0.05) is 30.9 Å². The Hall–Kier alpha value is -0.0300. The van der Waals surface area contributed by atoms with Gasteiger partial charge in [0, 0.05) is 24.9 Å². The molecule has 0 aromatic heterocycles. The van der Waals surface area contributed by atoms with E-state index in [0.29, 0.717) is 6.04 Å². The smallest absolute Gasteiger partial charge is 0.0310 e. The summed E-state index contributed by atoms with van der Waals surface area (Å²) < 4.78 is 0. The third-order valence-electron chi connectivity index (χ3n) is 3.55. The molecule has 1 rings (SSSR count). The van der Waals surface area contributed by atoms with Gasteiger partial charge in [0.1, 0.15) is 0 Å². The molecule has 0 amide bonds. The lowest BCUT2D eigenvalue weighted by Crippen LogP contribution is -2.42. The molecule has 0 heterocycles. The van der Waals surface area contributed by atoms with Crippen LogP contribution in [-0.4, -0.2) is 31.4 Å². The van der Waals surface area contributed by atoms with Gasteiger partial charge in [0.15, 0.2) is 0 Å². The fraction of sp³-hybridized carbons (Fsp3) is 0.857. The summed E-state index contributed by atoms with van der Waals surface area (Å²) >= 11 is 4.18. The monoisotopic (exact) mass is 271 g/mol. The van der Waals surface area contributed by atoms with Crippen LogP contribution in [-0.2, 0) is 0 Å². The van der Waals surface area contributed by atoms with Crippen LogP contribution in [0.3, 0.4) is 0 Å². The van der Waals surface area contributed by atoms with Crippen LogP contribution in [0, 0.1) is 0 Å². The van der Waals surface area contributed by atoms with E-state index in [1.807, 2.05) is 0 Å². The van der Waals surface area contributed by atoms with Crippen LogP contribution < -0.4 is 16.2 Å². The molecule has 0 aliphatic heterocycles. The molecule has 0 unspecified atom stereocenters. The first kappa shape index (κ1) is 16.0. The van der Waals surface area contributed by atoms with Gasteiger partial charge in [-0.15, -0.1) is 0 Å². The molecule has 0 saturated heterocycles. The van der Waals surface area contributed by atoms with Crippen LogP contribution in [0.4, 0.5) is 0 Å². The summed E-state index contributed by atoms with van der Waals surface area (Å²) in [7, 11) is 0. The Morgan fingerprint density at radius 2 is 2.00 bits per heavy atom. The molecule has 0 radical (unpaired) electrons. The standard InChI is InChI=1S/C14H29N3S/c1-2-13(8-9-15-10-11-18)12-16-17-14-6-4-3-5-7-14/h2,14-18H,3-12H2,1H3. The highest BCUT2D eigenvalue weighted by Crippen LogP contribution is 2.16. The number of hydrogen-bond donors (Lipinski definition) is 4. The fourth-order valence-corrected chi connectivity index (χ4v) is 2.50. The van der Waals surface area contributed by atoms with E-state index in [1.54, 1.807) is 0 Å². The first-order chi connectivity index (χ1) is 8.86. The molecule has 0 aromatic rings. The molecule has 0 bridgehead atoms. The Morgan fingerprint density at radius 1 is 1.22 bits per heavy atom. The molecule has 0 spiro atoms. The topological polar surface area (TPSA) is 36.1 Å². The van der Waals surface area contributed by atoms with E-state index in [0.717, 1.165) is 31.8 Å². The summed E-state index contributed by atoms with van der Waals surface area (Å²) in [6.07, 6.45) is 10.1. The van der Waals surface area contributed by atoms with Crippen molar-refractivity contribution >= 4 is 12.6 Å². The number of allylic oxidation sites excluding steroid dienone is 1. The summed E-state index contributed by atoms with van der Waals surface area (Å²) in [6.45, 7) is 5.12. The van der Waals surface area contributed by atoms with Gasteiger partial charge >= 0.3 is 0 Å². The SMILES string of the molecule is CC=C(CCNCCS)CNNC1CCCCC1. The van der Waals surface area contributed by atoms with Crippen molar-refractivity contribution in [1.82, 2.24) is 16.2 Å². The van der Waals surface area contributed by atoms with Crippen LogP contribution >= 0.6 is 12.6 Å². The summed E-state index contributed by atoms with van der Waals surface area (Å²) in [6, 6.07) is 0.680. The third kappa shape index (κ3) is 7.41. The molecule has 1 aliphatic rings. The van der Waals surface area contributed by atoms with Crippen molar-refractivity contribution in [2.45, 2.75) is 51.5 Å². The zero-order valence-corrected chi connectivity index (χ0v) is 12.6. The molecule has 106 valence electrons. The van der Waals surface area contributed by atoms with E-state index in [1.165, 1.54) is 37.7 Å². The molecule has 3 nitrogen and oxygen atoms in total. The quantitative estimate of drug-likeness (QED) is 0.225. The Bertz CT molecular complexity index is 225. The van der Waals surface area contributed by atoms with Crippen LogP contribution in [0.25, 0.3) is 0 Å². The van der Waals surface area contributed by atoms with Gasteiger partial charge in [-0.3, -0.25) is 10.9 Å². The highest BCUT2D eigenvalue weighted by Gasteiger charge is 2.11. The van der Waals surface area contributed by atoms with Crippen LogP contribution in [0.1, 0.15) is 45.4 Å². The Balaban J connectivity index is 2.04. The number of nitrogens with one attached hydrogen (secondary N) is 3. The predicted octanol–water partition coefficient (Wildman–Crippen LogP) is 2.27. The number of hydrazine groups is 1. The minimum atomic E-state index is 0.680. The molecule has 1 saturated carbocycles. The second-order valence-corrected chi connectivity index (χ2v) is 5.45. The van der Waals surface area contributed by atoms with Crippen LogP contribution in [0.5, 0.6) is 0 Å². The largest absolute Gasteiger partial charge is 0.316 e. The Kier molecular flexibility index (Phi) is 9.66. The first-order valence-corrected chi connectivity index (χ1v) is 7.94. The van der Waals surface area contributed by atoms with E-state index in [-0.39, 0.29) is 0 Å². The van der Waals surface area contributed by atoms with E-state index in [9.17, 15) is 0 Å². The zero-order chi connectivity index (χ0) is 13.1. The highest BCUT2D eigenvalue weighted by molar-refractivity contribution is 7.80. The second-order valence-electron chi connectivity index (χ2n) is 5.00. The maximum absolute atomic E-state index is 4.18. The zero-order valence-electron chi connectivity index (χ0n) is 11.7. The van der Waals surface area contributed by atoms with E-state index < -0.39 is 0 Å². The minimum Gasteiger partial charge on any atom is -0.316 e. The fourth-order valence-electron chi connectivity index (χ4n) is 2.34. The van der Waals surface area contributed by atoms with Crippen molar-refractivity contribution in [2.24, 2.45) is 0 Å². The first-order valence-electron chi connectivity index (χ1n) is 7.31. The number of hydrogen-bond acceptors (Lipinski definition) is 4. The molecule has 4 heteroatoms. The van der Waals surface area contributed by atoms with Crippen molar-refractivity contribution in [2.75, 3.05) is 25.4 Å². The van der Waals surface area contributed by atoms with E-state index in [4.69, 9.17) is 0 Å². The molecule has 1 aliphatic carbocycles. The summed E-state index contributed by atoms with van der Waals surface area (Å²) in [5.74, 6) is 0.909. The predicted molar refractivity (Wildman–Crippen MR) is 83.1 cm³/mol. The maximum Gasteiger partial charge on any atom is 0.0310 e. The highest BCUT2D eigenvalue weighted by atomic mass is 32.1. The van der Waals surface area contributed by atoms with E-state index in [2.05, 4.69) is 41.8 Å². The van der Waals surface area contributed by atoms with Gasteiger partial charge < -0.3 is 5.32 Å². The molecule has 0 atom stereocenters. The van der Waals surface area contributed by atoms with Gasteiger partial charge in [0.25, 0.3) is 0 Å². The van der Waals surface area contributed by atoms with E-state index >= 15 is 0 Å².